The molecule has 0 amide bonds. The summed E-state index contributed by atoms with van der Waals surface area (Å²) >= 11 is 0. The molecule has 2 aliphatic rings. The summed E-state index contributed by atoms with van der Waals surface area (Å²) in [7, 11) is 3.34. The Morgan fingerprint density at radius 1 is 1.40 bits per heavy atom. The Labute approximate surface area is 117 Å². The van der Waals surface area contributed by atoms with Crippen molar-refractivity contribution in [1.82, 2.24) is 9.78 Å². The molecule has 0 spiro atoms. The highest BCUT2D eigenvalue weighted by Crippen LogP contribution is 2.29. The number of nitrogens with two attached hydrogens (primary N) is 1. The number of methoxy groups -OCH3 is 2. The zero-order valence-electron chi connectivity index (χ0n) is 12.0. The smallest absolute Gasteiger partial charge is 0.240 e. The van der Waals surface area contributed by atoms with Gasteiger partial charge in [0.15, 0.2) is 0 Å². The van der Waals surface area contributed by atoms with E-state index in [1.807, 2.05) is 17.7 Å². The molecular weight excluding hydrogens is 254 g/mol. The lowest BCUT2D eigenvalue weighted by Gasteiger charge is -2.13. The fourth-order valence-electron chi connectivity index (χ4n) is 2.78. The molecule has 0 aliphatic heterocycles. The third-order valence-corrected chi connectivity index (χ3v) is 3.60. The second-order valence-corrected chi connectivity index (χ2v) is 5.14. The van der Waals surface area contributed by atoms with Gasteiger partial charge in [0, 0.05) is 11.6 Å². The summed E-state index contributed by atoms with van der Waals surface area (Å²) in [6.07, 6.45) is 7.09. The number of aromatic nitrogens is 2. The van der Waals surface area contributed by atoms with E-state index in [1.165, 1.54) is 5.57 Å². The van der Waals surface area contributed by atoms with E-state index in [0.717, 1.165) is 28.3 Å². The van der Waals surface area contributed by atoms with Gasteiger partial charge in [-0.15, -0.1) is 5.10 Å². The molecule has 0 saturated carbocycles. The van der Waals surface area contributed by atoms with Crippen molar-refractivity contribution in [3.63, 3.8) is 0 Å². The van der Waals surface area contributed by atoms with Gasteiger partial charge in [-0.1, -0.05) is 6.08 Å². The van der Waals surface area contributed by atoms with Gasteiger partial charge in [0.1, 0.15) is 5.76 Å². The monoisotopic (exact) mass is 273 g/mol. The topological polar surface area (TPSA) is 62.3 Å². The van der Waals surface area contributed by atoms with E-state index < -0.39 is 0 Å². The molecule has 0 unspecified atom stereocenters. The van der Waals surface area contributed by atoms with Gasteiger partial charge in [0.25, 0.3) is 0 Å². The molecule has 0 bridgehead atoms. The van der Waals surface area contributed by atoms with Crippen molar-refractivity contribution in [2.75, 3.05) is 14.2 Å². The number of nitrogens with zero attached hydrogens (tertiary/aromatic N) is 2. The van der Waals surface area contributed by atoms with E-state index in [2.05, 4.69) is 17.3 Å². The fourth-order valence-corrected chi connectivity index (χ4v) is 2.78. The third-order valence-electron chi connectivity index (χ3n) is 3.60. The van der Waals surface area contributed by atoms with Gasteiger partial charge >= 0.3 is 0 Å². The van der Waals surface area contributed by atoms with Gasteiger partial charge in [-0.05, 0) is 31.1 Å². The molecule has 5 heteroatoms. The zero-order valence-corrected chi connectivity index (χ0v) is 12.0. The van der Waals surface area contributed by atoms with Crippen LogP contribution in [-0.2, 0) is 11.3 Å². The molecule has 1 heterocycles. The number of hydrogen-bond donors (Lipinski definition) is 1. The van der Waals surface area contributed by atoms with Crippen LogP contribution in [0.1, 0.15) is 13.3 Å². The summed E-state index contributed by atoms with van der Waals surface area (Å²) in [5, 5.41) is 6.64. The predicted molar refractivity (Wildman–Crippen MR) is 77.3 cm³/mol. The molecule has 2 N–H and O–H groups in total. The Morgan fingerprint density at radius 2 is 2.20 bits per heavy atom. The van der Waals surface area contributed by atoms with Crippen molar-refractivity contribution in [3.8, 4) is 5.88 Å². The molecule has 0 radical (unpaired) electrons. The van der Waals surface area contributed by atoms with Crippen LogP contribution in [-0.4, -0.2) is 30.0 Å². The summed E-state index contributed by atoms with van der Waals surface area (Å²) in [6.45, 7) is 2.63. The minimum atomic E-state index is 0.0405. The zero-order chi connectivity index (χ0) is 14.3. The Kier molecular flexibility index (Phi) is 3.14. The van der Waals surface area contributed by atoms with Crippen LogP contribution in [0.4, 0.5) is 0 Å². The number of allylic oxidation sites excluding steroid dienone is 3. The molecule has 0 aromatic carbocycles. The first-order valence-corrected chi connectivity index (χ1v) is 6.72. The molecule has 3 rings (SSSR count). The average molecular weight is 273 g/mol. The maximum atomic E-state index is 5.90. The molecule has 1 aromatic rings. The SMILES string of the molecule is COC1=C2C=c3c(c(OC)nn3C[C@@H](C)N)=C2CC=C1. The van der Waals surface area contributed by atoms with E-state index in [4.69, 9.17) is 15.2 Å². The first kappa shape index (κ1) is 13.0. The maximum Gasteiger partial charge on any atom is 0.240 e. The predicted octanol–water partition coefficient (Wildman–Crippen LogP) is 0.0441. The van der Waals surface area contributed by atoms with Crippen molar-refractivity contribution in [3.05, 3.63) is 34.1 Å². The fraction of sp³-hybridized carbons (Fsp3) is 0.400. The summed E-state index contributed by atoms with van der Waals surface area (Å²) in [4.78, 5) is 0. The van der Waals surface area contributed by atoms with E-state index in [-0.39, 0.29) is 6.04 Å². The van der Waals surface area contributed by atoms with Crippen LogP contribution in [0, 0.1) is 0 Å². The highest BCUT2D eigenvalue weighted by Gasteiger charge is 2.23. The number of fused-ring (bicyclic) bond motifs is 2. The quantitative estimate of drug-likeness (QED) is 0.841. The summed E-state index contributed by atoms with van der Waals surface area (Å²) < 4.78 is 12.8. The number of ether oxygens (including phenoxy) is 2. The summed E-state index contributed by atoms with van der Waals surface area (Å²) in [6, 6.07) is 0.0405. The largest absolute Gasteiger partial charge is 0.496 e. The molecule has 5 nitrogen and oxygen atoms in total. The highest BCUT2D eigenvalue weighted by molar-refractivity contribution is 5.85. The molecule has 1 atom stereocenters. The van der Waals surface area contributed by atoms with E-state index in [9.17, 15) is 0 Å². The van der Waals surface area contributed by atoms with Crippen LogP contribution < -0.4 is 21.0 Å². The van der Waals surface area contributed by atoms with Gasteiger partial charge in [0.2, 0.25) is 5.88 Å². The first-order chi connectivity index (χ1) is 9.65. The lowest BCUT2D eigenvalue weighted by molar-refractivity contribution is 0.304. The number of hydrogen-bond acceptors (Lipinski definition) is 4. The van der Waals surface area contributed by atoms with Gasteiger partial charge in [0.05, 0.1) is 31.3 Å². The summed E-state index contributed by atoms with van der Waals surface area (Å²) in [5.41, 5.74) is 8.24. The minimum absolute atomic E-state index is 0.0405. The third kappa shape index (κ3) is 1.86. The second-order valence-electron chi connectivity index (χ2n) is 5.14. The Balaban J connectivity index is 2.27. The Morgan fingerprint density at radius 3 is 2.85 bits per heavy atom. The molecule has 106 valence electrons. The van der Waals surface area contributed by atoms with E-state index in [0.29, 0.717) is 12.4 Å². The average Bonchev–Trinajstić information content (AvgIpc) is 2.96. The molecule has 2 aliphatic carbocycles. The minimum Gasteiger partial charge on any atom is -0.496 e. The second kappa shape index (κ2) is 4.83. The van der Waals surface area contributed by atoms with Crippen molar-refractivity contribution in [1.29, 1.82) is 0 Å². The molecule has 0 saturated heterocycles. The van der Waals surface area contributed by atoms with Crippen LogP contribution in [0.15, 0.2) is 23.5 Å². The van der Waals surface area contributed by atoms with Crippen molar-refractivity contribution in [2.24, 2.45) is 5.73 Å². The van der Waals surface area contributed by atoms with Crippen LogP contribution in [0.3, 0.4) is 0 Å². The Hall–Kier alpha value is -2.01. The molecule has 0 fully saturated rings. The first-order valence-electron chi connectivity index (χ1n) is 6.72. The van der Waals surface area contributed by atoms with Crippen LogP contribution in [0.5, 0.6) is 5.88 Å². The van der Waals surface area contributed by atoms with Crippen molar-refractivity contribution < 1.29 is 9.47 Å². The van der Waals surface area contributed by atoms with Crippen molar-refractivity contribution >= 4 is 11.6 Å². The summed E-state index contributed by atoms with van der Waals surface area (Å²) in [5.74, 6) is 1.55. The van der Waals surface area contributed by atoms with E-state index in [1.54, 1.807) is 14.2 Å². The lowest BCUT2D eigenvalue weighted by atomic mass is 9.99. The van der Waals surface area contributed by atoms with Gasteiger partial charge < -0.3 is 15.2 Å². The normalized spacial score (nSPS) is 17.7. The maximum absolute atomic E-state index is 5.90. The molecule has 1 aromatic heterocycles. The van der Waals surface area contributed by atoms with Gasteiger partial charge in [-0.3, -0.25) is 4.68 Å². The van der Waals surface area contributed by atoms with Crippen molar-refractivity contribution in [2.45, 2.75) is 25.9 Å². The molecule has 20 heavy (non-hydrogen) atoms. The standard InChI is InChI=1S/C15H19N3O2/c1-9(16)8-18-12-7-11-10(5-4-6-13(11)19-2)14(12)15(17-18)20-3/h4,6-7,9H,5,8,16H2,1-3H3/t9-/m1/s1. The van der Waals surface area contributed by atoms with E-state index >= 15 is 0 Å². The Bertz CT molecular complexity index is 723. The molecular formula is C15H19N3O2. The van der Waals surface area contributed by atoms with Crippen LogP contribution >= 0.6 is 0 Å². The number of rotatable bonds is 4. The lowest BCUT2D eigenvalue weighted by Crippen LogP contribution is -2.33. The van der Waals surface area contributed by atoms with Gasteiger partial charge in [-0.25, -0.2) is 0 Å². The van der Waals surface area contributed by atoms with Gasteiger partial charge in [-0.2, -0.15) is 0 Å². The highest BCUT2D eigenvalue weighted by atomic mass is 16.5. The van der Waals surface area contributed by atoms with Crippen LogP contribution in [0.25, 0.3) is 11.6 Å². The van der Waals surface area contributed by atoms with Crippen LogP contribution in [0.2, 0.25) is 0 Å².